The molecule has 0 radical (unpaired) electrons. The molecule has 2 saturated heterocycles. The first-order valence-electron chi connectivity index (χ1n) is 9.93. The van der Waals surface area contributed by atoms with Crippen LogP contribution in [0.15, 0.2) is 18.2 Å². The van der Waals surface area contributed by atoms with Crippen molar-refractivity contribution in [2.75, 3.05) is 57.3 Å². The van der Waals surface area contributed by atoms with Gasteiger partial charge < -0.3 is 20.4 Å². The molecule has 26 heavy (non-hydrogen) atoms. The van der Waals surface area contributed by atoms with Crippen LogP contribution in [0, 0.1) is 11.7 Å². The lowest BCUT2D eigenvalue weighted by Crippen LogP contribution is -2.46. The second-order valence-electron chi connectivity index (χ2n) is 7.34. The Hall–Kier alpha value is -1.66. The minimum Gasteiger partial charge on any atom is -0.367 e. The van der Waals surface area contributed by atoms with E-state index in [1.165, 1.54) is 18.9 Å². The predicted molar refractivity (Wildman–Crippen MR) is 103 cm³/mol. The summed E-state index contributed by atoms with van der Waals surface area (Å²) in [5.41, 5.74) is 1.01. The summed E-state index contributed by atoms with van der Waals surface area (Å²) in [5.74, 6) is 0.138. The van der Waals surface area contributed by atoms with Gasteiger partial charge in [0.2, 0.25) is 0 Å². The zero-order chi connectivity index (χ0) is 18.4. The number of halogens is 1. The van der Waals surface area contributed by atoms with Crippen molar-refractivity contribution in [3.8, 4) is 0 Å². The van der Waals surface area contributed by atoms with Gasteiger partial charge in [0, 0.05) is 38.3 Å². The maximum Gasteiger partial charge on any atom is 0.251 e. The van der Waals surface area contributed by atoms with E-state index >= 15 is 0 Å². The molecule has 1 amide bonds. The van der Waals surface area contributed by atoms with Crippen LogP contribution in [0.4, 0.5) is 10.1 Å². The zero-order valence-electron chi connectivity index (χ0n) is 15.8. The Morgan fingerprint density at radius 1 is 1.31 bits per heavy atom. The van der Waals surface area contributed by atoms with E-state index in [1.807, 2.05) is 0 Å². The van der Waals surface area contributed by atoms with Gasteiger partial charge in [0.1, 0.15) is 5.82 Å². The Bertz CT molecular complexity index is 595. The normalized spacial score (nSPS) is 21.6. The van der Waals surface area contributed by atoms with Gasteiger partial charge in [-0.1, -0.05) is 6.92 Å². The summed E-state index contributed by atoms with van der Waals surface area (Å²) >= 11 is 0. The maximum absolute atomic E-state index is 14.5. The average Bonchev–Trinajstić information content (AvgIpc) is 2.69. The van der Waals surface area contributed by atoms with E-state index in [4.69, 9.17) is 0 Å². The molecule has 3 rings (SSSR count). The lowest BCUT2D eigenvalue weighted by Gasteiger charge is -2.35. The minimum atomic E-state index is -0.306. The molecule has 2 aliphatic heterocycles. The van der Waals surface area contributed by atoms with Gasteiger partial charge in [-0.3, -0.25) is 4.79 Å². The molecule has 0 saturated carbocycles. The van der Waals surface area contributed by atoms with Crippen molar-refractivity contribution in [2.24, 2.45) is 5.92 Å². The number of carbonyl (C=O) groups excluding carboxylic acids is 1. The summed E-state index contributed by atoms with van der Waals surface area (Å²) < 4.78 is 14.5. The van der Waals surface area contributed by atoms with Crippen LogP contribution >= 0.6 is 0 Å². The highest BCUT2D eigenvalue weighted by Crippen LogP contribution is 2.22. The number of rotatable bonds is 6. The Kier molecular flexibility index (Phi) is 6.86. The van der Waals surface area contributed by atoms with Crippen LogP contribution in [-0.4, -0.2) is 63.2 Å². The number of anilines is 1. The number of likely N-dealkylation sites (N-methyl/N-ethyl adjacent to an activating group) is 1. The molecule has 0 bridgehead atoms. The molecule has 2 N–H and O–H groups in total. The lowest BCUT2D eigenvalue weighted by molar-refractivity contribution is 0.0950. The standard InChI is InChI=1S/C20H31FN4O/c1-2-24-10-12-25(13-11-24)19-6-5-17(14-18(19)21)20(26)23-9-7-16-4-3-8-22-15-16/h5-6,14,16,22H,2-4,7-13,15H2,1H3,(H,23,26). The number of benzene rings is 1. The van der Waals surface area contributed by atoms with Gasteiger partial charge in [-0.2, -0.15) is 0 Å². The first-order valence-corrected chi connectivity index (χ1v) is 9.93. The van der Waals surface area contributed by atoms with Gasteiger partial charge in [0.15, 0.2) is 0 Å². The highest BCUT2D eigenvalue weighted by Gasteiger charge is 2.20. The van der Waals surface area contributed by atoms with Crippen LogP contribution in [-0.2, 0) is 0 Å². The van der Waals surface area contributed by atoms with E-state index in [2.05, 4.69) is 27.4 Å². The van der Waals surface area contributed by atoms with Crippen molar-refractivity contribution in [3.05, 3.63) is 29.6 Å². The molecule has 5 nitrogen and oxygen atoms in total. The van der Waals surface area contributed by atoms with Crippen LogP contribution in [0.25, 0.3) is 0 Å². The van der Waals surface area contributed by atoms with E-state index < -0.39 is 0 Å². The van der Waals surface area contributed by atoms with Gasteiger partial charge in [-0.25, -0.2) is 4.39 Å². The van der Waals surface area contributed by atoms with Crippen molar-refractivity contribution in [1.82, 2.24) is 15.5 Å². The van der Waals surface area contributed by atoms with Crippen molar-refractivity contribution < 1.29 is 9.18 Å². The van der Waals surface area contributed by atoms with E-state index in [1.54, 1.807) is 12.1 Å². The fourth-order valence-electron chi connectivity index (χ4n) is 3.87. The summed E-state index contributed by atoms with van der Waals surface area (Å²) in [7, 11) is 0. The molecule has 1 aromatic carbocycles. The van der Waals surface area contributed by atoms with E-state index in [0.29, 0.717) is 23.7 Å². The summed E-state index contributed by atoms with van der Waals surface area (Å²) in [6, 6.07) is 4.86. The molecule has 0 spiro atoms. The first kappa shape index (κ1) is 19.1. The van der Waals surface area contributed by atoms with Crippen molar-refractivity contribution >= 4 is 11.6 Å². The third-order valence-corrected chi connectivity index (χ3v) is 5.61. The van der Waals surface area contributed by atoms with Gasteiger partial charge in [0.05, 0.1) is 5.69 Å². The van der Waals surface area contributed by atoms with Gasteiger partial charge in [-0.05, 0) is 63.0 Å². The number of piperazine rings is 1. The molecule has 1 atom stereocenters. The molecule has 6 heteroatoms. The number of amides is 1. The number of nitrogens with one attached hydrogen (secondary N) is 2. The minimum absolute atomic E-state index is 0.185. The van der Waals surface area contributed by atoms with Gasteiger partial charge in [-0.15, -0.1) is 0 Å². The molecule has 0 aliphatic carbocycles. The second-order valence-corrected chi connectivity index (χ2v) is 7.34. The highest BCUT2D eigenvalue weighted by molar-refractivity contribution is 5.94. The van der Waals surface area contributed by atoms with Crippen LogP contribution in [0.1, 0.15) is 36.5 Å². The largest absolute Gasteiger partial charge is 0.367 e. The topological polar surface area (TPSA) is 47.6 Å². The molecule has 0 aromatic heterocycles. The lowest BCUT2D eigenvalue weighted by atomic mass is 9.96. The first-order chi connectivity index (χ1) is 12.7. The number of hydrogen-bond acceptors (Lipinski definition) is 4. The molecule has 2 heterocycles. The number of carbonyl (C=O) groups is 1. The highest BCUT2D eigenvalue weighted by atomic mass is 19.1. The van der Waals surface area contributed by atoms with E-state index in [-0.39, 0.29) is 11.7 Å². The maximum atomic E-state index is 14.5. The van der Waals surface area contributed by atoms with Crippen LogP contribution in [0.5, 0.6) is 0 Å². The van der Waals surface area contributed by atoms with Gasteiger partial charge >= 0.3 is 0 Å². The Morgan fingerprint density at radius 3 is 2.77 bits per heavy atom. The fourth-order valence-corrected chi connectivity index (χ4v) is 3.87. The number of hydrogen-bond donors (Lipinski definition) is 2. The van der Waals surface area contributed by atoms with Gasteiger partial charge in [0.25, 0.3) is 5.91 Å². The molecular weight excluding hydrogens is 331 g/mol. The summed E-state index contributed by atoms with van der Waals surface area (Å²) in [4.78, 5) is 16.7. The number of piperidine rings is 1. The average molecular weight is 362 g/mol. The SMILES string of the molecule is CCN1CCN(c2ccc(C(=O)NCCC3CCCNC3)cc2F)CC1. The van der Waals surface area contributed by atoms with Crippen LogP contribution in [0.3, 0.4) is 0 Å². The summed E-state index contributed by atoms with van der Waals surface area (Å²) in [6.45, 7) is 9.51. The zero-order valence-corrected chi connectivity index (χ0v) is 15.8. The number of nitrogens with zero attached hydrogens (tertiary/aromatic N) is 2. The summed E-state index contributed by atoms with van der Waals surface area (Å²) in [5, 5.41) is 6.32. The Balaban J connectivity index is 1.50. The second kappa shape index (κ2) is 9.33. The smallest absolute Gasteiger partial charge is 0.251 e. The molecule has 2 fully saturated rings. The molecule has 2 aliphatic rings. The van der Waals surface area contributed by atoms with E-state index in [9.17, 15) is 9.18 Å². The fraction of sp³-hybridized carbons (Fsp3) is 0.650. The molecule has 1 aromatic rings. The van der Waals surface area contributed by atoms with Crippen LogP contribution in [0.2, 0.25) is 0 Å². The monoisotopic (exact) mass is 362 g/mol. The summed E-state index contributed by atoms with van der Waals surface area (Å²) in [6.07, 6.45) is 3.40. The predicted octanol–water partition coefficient (Wildman–Crippen LogP) is 2.09. The third-order valence-electron chi connectivity index (χ3n) is 5.61. The quantitative estimate of drug-likeness (QED) is 0.814. The Morgan fingerprint density at radius 2 is 2.12 bits per heavy atom. The van der Waals surface area contributed by atoms with Crippen molar-refractivity contribution in [3.63, 3.8) is 0 Å². The van der Waals surface area contributed by atoms with Crippen LogP contribution < -0.4 is 15.5 Å². The van der Waals surface area contributed by atoms with E-state index in [0.717, 1.165) is 52.2 Å². The Labute approximate surface area is 155 Å². The van der Waals surface area contributed by atoms with Crippen molar-refractivity contribution in [2.45, 2.75) is 26.2 Å². The third kappa shape index (κ3) is 4.95. The molecule has 1 unspecified atom stereocenters. The molecule has 144 valence electrons. The molecular formula is C20H31FN4O. The van der Waals surface area contributed by atoms with Crippen molar-refractivity contribution in [1.29, 1.82) is 0 Å².